The number of hydrogen-bond donors (Lipinski definition) is 0. The Morgan fingerprint density at radius 3 is 2.86 bits per heavy atom. The zero-order valence-electron chi connectivity index (χ0n) is 7.43. The first kappa shape index (κ1) is 8.80. The van der Waals surface area contributed by atoms with Gasteiger partial charge in [0.2, 0.25) is 5.75 Å². The third-order valence-corrected chi connectivity index (χ3v) is 1.95. The molecule has 1 aliphatic rings. The van der Waals surface area contributed by atoms with Gasteiger partial charge < -0.3 is 9.47 Å². The normalized spacial score (nSPS) is 14.6. The van der Waals surface area contributed by atoms with Crippen LogP contribution in [-0.2, 0) is 0 Å². The molecule has 1 aromatic rings. The van der Waals surface area contributed by atoms with Crippen molar-refractivity contribution in [3.05, 3.63) is 28.3 Å². The summed E-state index contributed by atoms with van der Waals surface area (Å²) in [7, 11) is 0. The summed E-state index contributed by atoms with van der Waals surface area (Å²) < 4.78 is 10.6. The number of nitro benzene ring substituents is 1. The first-order chi connectivity index (χ1) is 6.79. The van der Waals surface area contributed by atoms with Gasteiger partial charge in [0, 0.05) is 12.5 Å². The first-order valence-electron chi connectivity index (χ1n) is 4.32. The molecule has 0 N–H and O–H groups in total. The first-order valence-corrected chi connectivity index (χ1v) is 4.32. The second-order valence-electron chi connectivity index (χ2n) is 2.91. The molecule has 0 aromatic heterocycles. The number of ether oxygens (including phenoxy) is 2. The van der Waals surface area contributed by atoms with Crippen LogP contribution in [0.1, 0.15) is 6.42 Å². The number of hydrogen-bond acceptors (Lipinski definition) is 4. The highest BCUT2D eigenvalue weighted by molar-refractivity contribution is 5.55. The lowest BCUT2D eigenvalue weighted by molar-refractivity contribution is -0.385. The van der Waals surface area contributed by atoms with Crippen molar-refractivity contribution >= 4 is 5.69 Å². The number of rotatable bonds is 1. The van der Waals surface area contributed by atoms with Crippen molar-refractivity contribution in [2.45, 2.75) is 6.42 Å². The van der Waals surface area contributed by atoms with Crippen LogP contribution in [0.3, 0.4) is 0 Å². The summed E-state index contributed by atoms with van der Waals surface area (Å²) in [6.07, 6.45) is 0.742. The van der Waals surface area contributed by atoms with E-state index in [1.165, 1.54) is 6.07 Å². The molecule has 2 rings (SSSR count). The van der Waals surface area contributed by atoms with Crippen LogP contribution in [0.5, 0.6) is 11.5 Å². The van der Waals surface area contributed by atoms with Gasteiger partial charge in [0.05, 0.1) is 18.1 Å². The zero-order chi connectivity index (χ0) is 9.97. The summed E-state index contributed by atoms with van der Waals surface area (Å²) in [6.45, 7) is 0.992. The molecule has 1 aliphatic heterocycles. The average Bonchev–Trinajstić information content (AvgIpc) is 2.41. The summed E-state index contributed by atoms with van der Waals surface area (Å²) in [6, 6.07) is 4.67. The Balaban J connectivity index is 2.47. The highest BCUT2D eigenvalue weighted by Gasteiger charge is 2.21. The van der Waals surface area contributed by atoms with Crippen LogP contribution in [0.15, 0.2) is 18.2 Å². The van der Waals surface area contributed by atoms with Gasteiger partial charge in [0.25, 0.3) is 0 Å². The number of nitro groups is 1. The molecule has 1 aromatic carbocycles. The molecular formula is C9H9NO4. The second kappa shape index (κ2) is 3.53. The van der Waals surface area contributed by atoms with Gasteiger partial charge in [-0.2, -0.15) is 0 Å². The molecule has 0 saturated carbocycles. The summed E-state index contributed by atoms with van der Waals surface area (Å²) >= 11 is 0. The molecule has 74 valence electrons. The van der Waals surface area contributed by atoms with Gasteiger partial charge in [-0.25, -0.2) is 0 Å². The molecule has 0 saturated heterocycles. The molecule has 0 atom stereocenters. The van der Waals surface area contributed by atoms with E-state index in [0.29, 0.717) is 19.0 Å². The standard InChI is InChI=1S/C9H9NO4/c11-10(12)7-3-1-4-8-9(7)14-6-2-5-13-8/h1,3-4H,2,5-6H2. The van der Waals surface area contributed by atoms with Crippen molar-refractivity contribution in [1.29, 1.82) is 0 Å². The fraction of sp³-hybridized carbons (Fsp3) is 0.333. The van der Waals surface area contributed by atoms with E-state index in [4.69, 9.17) is 9.47 Å². The number of nitrogens with zero attached hydrogens (tertiary/aromatic N) is 1. The van der Waals surface area contributed by atoms with Crippen molar-refractivity contribution in [1.82, 2.24) is 0 Å². The van der Waals surface area contributed by atoms with E-state index in [1.54, 1.807) is 12.1 Å². The Morgan fingerprint density at radius 1 is 1.29 bits per heavy atom. The maximum atomic E-state index is 10.7. The second-order valence-corrected chi connectivity index (χ2v) is 2.91. The molecule has 0 fully saturated rings. The molecule has 0 aliphatic carbocycles. The van der Waals surface area contributed by atoms with Gasteiger partial charge >= 0.3 is 5.69 Å². The average molecular weight is 195 g/mol. The Hall–Kier alpha value is -1.78. The Kier molecular flexibility index (Phi) is 2.22. The molecule has 0 amide bonds. The van der Waals surface area contributed by atoms with Crippen molar-refractivity contribution in [3.63, 3.8) is 0 Å². The van der Waals surface area contributed by atoms with E-state index in [0.717, 1.165) is 6.42 Å². The van der Waals surface area contributed by atoms with E-state index < -0.39 is 4.92 Å². The maximum Gasteiger partial charge on any atom is 0.314 e. The van der Waals surface area contributed by atoms with Crippen LogP contribution in [0.25, 0.3) is 0 Å². The molecule has 0 bridgehead atoms. The van der Waals surface area contributed by atoms with Gasteiger partial charge in [-0.15, -0.1) is 0 Å². The van der Waals surface area contributed by atoms with E-state index >= 15 is 0 Å². The molecule has 5 nitrogen and oxygen atoms in total. The van der Waals surface area contributed by atoms with Crippen molar-refractivity contribution < 1.29 is 14.4 Å². The van der Waals surface area contributed by atoms with Crippen molar-refractivity contribution in [2.75, 3.05) is 13.2 Å². The van der Waals surface area contributed by atoms with Crippen molar-refractivity contribution in [2.24, 2.45) is 0 Å². The van der Waals surface area contributed by atoms with Crippen LogP contribution in [0.4, 0.5) is 5.69 Å². The van der Waals surface area contributed by atoms with Gasteiger partial charge in [0.1, 0.15) is 0 Å². The molecule has 0 radical (unpaired) electrons. The molecule has 0 unspecified atom stereocenters. The largest absolute Gasteiger partial charge is 0.489 e. The smallest absolute Gasteiger partial charge is 0.314 e. The molecule has 0 spiro atoms. The van der Waals surface area contributed by atoms with Crippen molar-refractivity contribution in [3.8, 4) is 11.5 Å². The minimum Gasteiger partial charge on any atom is -0.489 e. The molecule has 1 heterocycles. The van der Waals surface area contributed by atoms with Gasteiger partial charge in [0.15, 0.2) is 5.75 Å². The van der Waals surface area contributed by atoms with E-state index in [9.17, 15) is 10.1 Å². The van der Waals surface area contributed by atoms with Crippen LogP contribution < -0.4 is 9.47 Å². The third kappa shape index (κ3) is 1.48. The lowest BCUT2D eigenvalue weighted by Gasteiger charge is -2.05. The minimum atomic E-state index is -0.465. The number of para-hydroxylation sites is 1. The monoisotopic (exact) mass is 195 g/mol. The Bertz CT molecular complexity index is 364. The highest BCUT2D eigenvalue weighted by Crippen LogP contribution is 2.37. The SMILES string of the molecule is O=[N+]([O-])c1cccc2c1OCCCO2. The van der Waals surface area contributed by atoms with Crippen LogP contribution >= 0.6 is 0 Å². The van der Waals surface area contributed by atoms with Gasteiger partial charge in [-0.05, 0) is 6.07 Å². The predicted octanol–water partition coefficient (Wildman–Crippen LogP) is 1.76. The zero-order valence-corrected chi connectivity index (χ0v) is 7.43. The summed E-state index contributed by atoms with van der Waals surface area (Å²) in [5.74, 6) is 0.701. The Labute approximate surface area is 80.4 Å². The van der Waals surface area contributed by atoms with E-state index in [-0.39, 0.29) is 11.4 Å². The molecule has 14 heavy (non-hydrogen) atoms. The predicted molar refractivity (Wildman–Crippen MR) is 48.7 cm³/mol. The maximum absolute atomic E-state index is 10.7. The third-order valence-electron chi connectivity index (χ3n) is 1.95. The van der Waals surface area contributed by atoms with Gasteiger partial charge in [-0.3, -0.25) is 10.1 Å². The summed E-state index contributed by atoms with van der Waals surface area (Å²) in [4.78, 5) is 10.2. The Morgan fingerprint density at radius 2 is 2.07 bits per heavy atom. The molecule has 5 heteroatoms. The van der Waals surface area contributed by atoms with E-state index in [1.807, 2.05) is 0 Å². The van der Waals surface area contributed by atoms with Crippen LogP contribution in [0, 0.1) is 10.1 Å². The van der Waals surface area contributed by atoms with E-state index in [2.05, 4.69) is 0 Å². The highest BCUT2D eigenvalue weighted by atomic mass is 16.6. The van der Waals surface area contributed by atoms with Crippen LogP contribution in [0.2, 0.25) is 0 Å². The number of benzene rings is 1. The minimum absolute atomic E-state index is 0.0376. The van der Waals surface area contributed by atoms with Gasteiger partial charge in [-0.1, -0.05) is 6.07 Å². The lowest BCUT2D eigenvalue weighted by atomic mass is 10.3. The quantitative estimate of drug-likeness (QED) is 0.506. The summed E-state index contributed by atoms with van der Waals surface area (Å²) in [5, 5.41) is 10.7. The number of fused-ring (bicyclic) bond motifs is 1. The lowest BCUT2D eigenvalue weighted by Crippen LogP contribution is -1.98. The molecular weight excluding hydrogens is 186 g/mol. The topological polar surface area (TPSA) is 61.6 Å². The van der Waals surface area contributed by atoms with Crippen LogP contribution in [-0.4, -0.2) is 18.1 Å². The fourth-order valence-corrected chi connectivity index (χ4v) is 1.32. The fourth-order valence-electron chi connectivity index (χ4n) is 1.32. The summed E-state index contributed by atoms with van der Waals surface area (Å²) in [5.41, 5.74) is -0.0376.